The van der Waals surface area contributed by atoms with Gasteiger partial charge in [0.1, 0.15) is 0 Å². The summed E-state index contributed by atoms with van der Waals surface area (Å²) in [4.78, 5) is 27.3. The fourth-order valence-corrected chi connectivity index (χ4v) is 1.84. The summed E-state index contributed by atoms with van der Waals surface area (Å²) in [7, 11) is 3.40. The molecule has 0 saturated heterocycles. The number of hydrogen-bond acceptors (Lipinski definition) is 3. The van der Waals surface area contributed by atoms with E-state index in [0.29, 0.717) is 17.8 Å². The Hall–Kier alpha value is -1.88. The maximum absolute atomic E-state index is 11.9. The quantitative estimate of drug-likeness (QED) is 0.860. The first-order chi connectivity index (χ1) is 9.47. The highest BCUT2D eigenvalue weighted by Crippen LogP contribution is 2.12. The predicted molar refractivity (Wildman–Crippen MR) is 80.9 cm³/mol. The summed E-state index contributed by atoms with van der Waals surface area (Å²) in [6, 6.07) is 6.99. The lowest BCUT2D eigenvalue weighted by Crippen LogP contribution is -2.33. The van der Waals surface area contributed by atoms with Gasteiger partial charge in [-0.3, -0.25) is 14.5 Å². The average molecular weight is 277 g/mol. The topological polar surface area (TPSA) is 52.7 Å². The number of amides is 2. The molecular formula is C15H23N3O2. The van der Waals surface area contributed by atoms with Gasteiger partial charge in [0.2, 0.25) is 5.91 Å². The molecule has 0 aliphatic carbocycles. The molecule has 0 aliphatic rings. The first-order valence-electron chi connectivity index (χ1n) is 6.81. The van der Waals surface area contributed by atoms with Crippen molar-refractivity contribution in [2.45, 2.75) is 13.8 Å². The van der Waals surface area contributed by atoms with E-state index in [-0.39, 0.29) is 11.8 Å². The third-order valence-electron chi connectivity index (χ3n) is 3.06. The van der Waals surface area contributed by atoms with Gasteiger partial charge >= 0.3 is 0 Å². The summed E-state index contributed by atoms with van der Waals surface area (Å²) >= 11 is 0. The van der Waals surface area contributed by atoms with Crippen LogP contribution in [0.4, 0.5) is 5.69 Å². The monoisotopic (exact) mass is 277 g/mol. The van der Waals surface area contributed by atoms with Crippen molar-refractivity contribution in [1.82, 2.24) is 9.80 Å². The molecule has 1 aromatic rings. The zero-order valence-electron chi connectivity index (χ0n) is 12.6. The van der Waals surface area contributed by atoms with Crippen molar-refractivity contribution in [2.75, 3.05) is 39.0 Å². The van der Waals surface area contributed by atoms with E-state index < -0.39 is 0 Å². The highest BCUT2D eigenvalue weighted by atomic mass is 16.2. The van der Waals surface area contributed by atoms with Gasteiger partial charge in [0.25, 0.3) is 5.91 Å². The van der Waals surface area contributed by atoms with Crippen LogP contribution in [0.25, 0.3) is 0 Å². The Morgan fingerprint density at radius 2 is 1.80 bits per heavy atom. The number of carbonyl (C=O) groups is 2. The highest BCUT2D eigenvalue weighted by Gasteiger charge is 2.10. The Morgan fingerprint density at radius 3 is 2.35 bits per heavy atom. The predicted octanol–water partition coefficient (Wildman–Crippen LogP) is 1.67. The number of benzene rings is 1. The zero-order valence-corrected chi connectivity index (χ0v) is 12.6. The fourth-order valence-electron chi connectivity index (χ4n) is 1.84. The normalized spacial score (nSPS) is 10.4. The van der Waals surface area contributed by atoms with Gasteiger partial charge < -0.3 is 10.2 Å². The number of nitrogens with one attached hydrogen (secondary N) is 1. The largest absolute Gasteiger partial charge is 0.345 e. The van der Waals surface area contributed by atoms with Gasteiger partial charge in [-0.15, -0.1) is 0 Å². The van der Waals surface area contributed by atoms with Crippen molar-refractivity contribution >= 4 is 17.5 Å². The minimum Gasteiger partial charge on any atom is -0.345 e. The minimum atomic E-state index is -0.0789. The van der Waals surface area contributed by atoms with Crippen molar-refractivity contribution in [2.24, 2.45) is 0 Å². The van der Waals surface area contributed by atoms with E-state index in [1.807, 2.05) is 18.7 Å². The smallest absolute Gasteiger partial charge is 0.253 e. The molecule has 20 heavy (non-hydrogen) atoms. The van der Waals surface area contributed by atoms with Crippen LogP contribution in [0.5, 0.6) is 0 Å². The highest BCUT2D eigenvalue weighted by molar-refractivity contribution is 5.97. The molecule has 1 aromatic carbocycles. The summed E-state index contributed by atoms with van der Waals surface area (Å²) in [5.41, 5.74) is 1.21. The Kier molecular flexibility index (Phi) is 6.18. The van der Waals surface area contributed by atoms with Crippen LogP contribution in [0.2, 0.25) is 0 Å². The van der Waals surface area contributed by atoms with Crippen molar-refractivity contribution in [3.63, 3.8) is 0 Å². The number of likely N-dealkylation sites (N-methyl/N-ethyl adjacent to an activating group) is 1. The van der Waals surface area contributed by atoms with Crippen molar-refractivity contribution in [3.8, 4) is 0 Å². The first kappa shape index (κ1) is 16.2. The van der Waals surface area contributed by atoms with Crippen molar-refractivity contribution in [3.05, 3.63) is 29.8 Å². The lowest BCUT2D eigenvalue weighted by molar-refractivity contribution is -0.117. The van der Waals surface area contributed by atoms with Gasteiger partial charge in [-0.05, 0) is 31.3 Å². The summed E-state index contributed by atoms with van der Waals surface area (Å²) in [5.74, 6) is -0.145. The molecule has 0 spiro atoms. The molecule has 0 heterocycles. The SMILES string of the molecule is CCN(CC)CC(=O)Nc1cccc(C(=O)N(C)C)c1. The van der Waals surface area contributed by atoms with Crippen LogP contribution in [-0.2, 0) is 4.79 Å². The summed E-state index contributed by atoms with van der Waals surface area (Å²) < 4.78 is 0. The molecule has 0 aliphatic heterocycles. The maximum atomic E-state index is 11.9. The molecule has 0 radical (unpaired) electrons. The lowest BCUT2D eigenvalue weighted by Gasteiger charge is -2.17. The Bertz CT molecular complexity index is 468. The molecule has 0 bridgehead atoms. The summed E-state index contributed by atoms with van der Waals surface area (Å²) in [6.07, 6.45) is 0. The molecule has 0 atom stereocenters. The fraction of sp³-hybridized carbons (Fsp3) is 0.467. The molecular weight excluding hydrogens is 254 g/mol. The number of nitrogens with zero attached hydrogens (tertiary/aromatic N) is 2. The second kappa shape index (κ2) is 7.65. The number of hydrogen-bond donors (Lipinski definition) is 1. The third kappa shape index (κ3) is 4.66. The van der Waals surface area contributed by atoms with E-state index in [2.05, 4.69) is 5.32 Å². The van der Waals surface area contributed by atoms with Gasteiger partial charge in [-0.2, -0.15) is 0 Å². The van der Waals surface area contributed by atoms with Crippen LogP contribution in [0, 0.1) is 0 Å². The van der Waals surface area contributed by atoms with Gasteiger partial charge in [0, 0.05) is 25.3 Å². The number of carbonyl (C=O) groups excluding carboxylic acids is 2. The molecule has 0 unspecified atom stereocenters. The molecule has 1 rings (SSSR count). The first-order valence-corrected chi connectivity index (χ1v) is 6.81. The molecule has 5 nitrogen and oxygen atoms in total. The van der Waals surface area contributed by atoms with E-state index in [0.717, 1.165) is 13.1 Å². The van der Waals surface area contributed by atoms with E-state index >= 15 is 0 Å². The molecule has 2 amide bonds. The maximum Gasteiger partial charge on any atom is 0.253 e. The molecule has 0 saturated carbocycles. The Labute approximate surface area is 120 Å². The van der Waals surface area contributed by atoms with E-state index in [1.54, 1.807) is 38.4 Å². The second-order valence-corrected chi connectivity index (χ2v) is 4.79. The summed E-state index contributed by atoms with van der Waals surface area (Å²) in [6.45, 7) is 6.07. The van der Waals surface area contributed by atoms with Gasteiger partial charge in [-0.25, -0.2) is 0 Å². The molecule has 1 N–H and O–H groups in total. The average Bonchev–Trinajstić information content (AvgIpc) is 2.44. The lowest BCUT2D eigenvalue weighted by atomic mass is 10.2. The van der Waals surface area contributed by atoms with Crippen LogP contribution in [0.15, 0.2) is 24.3 Å². The van der Waals surface area contributed by atoms with Crippen LogP contribution >= 0.6 is 0 Å². The van der Waals surface area contributed by atoms with Crippen LogP contribution < -0.4 is 5.32 Å². The van der Waals surface area contributed by atoms with E-state index in [1.165, 1.54) is 4.90 Å². The molecule has 0 fully saturated rings. The number of anilines is 1. The third-order valence-corrected chi connectivity index (χ3v) is 3.06. The zero-order chi connectivity index (χ0) is 15.1. The van der Waals surface area contributed by atoms with E-state index in [9.17, 15) is 9.59 Å². The minimum absolute atomic E-state index is 0.0665. The summed E-state index contributed by atoms with van der Waals surface area (Å²) in [5, 5.41) is 2.82. The molecule has 5 heteroatoms. The second-order valence-electron chi connectivity index (χ2n) is 4.79. The Balaban J connectivity index is 2.71. The van der Waals surface area contributed by atoms with E-state index in [4.69, 9.17) is 0 Å². The molecule has 0 aromatic heterocycles. The van der Waals surface area contributed by atoms with Gasteiger partial charge in [0.05, 0.1) is 6.54 Å². The molecule has 110 valence electrons. The van der Waals surface area contributed by atoms with Crippen LogP contribution in [-0.4, -0.2) is 55.3 Å². The van der Waals surface area contributed by atoms with Crippen molar-refractivity contribution < 1.29 is 9.59 Å². The Morgan fingerprint density at radius 1 is 1.15 bits per heavy atom. The van der Waals surface area contributed by atoms with Gasteiger partial charge in [0.15, 0.2) is 0 Å². The standard InChI is InChI=1S/C15H23N3O2/c1-5-18(6-2)11-14(19)16-13-9-7-8-12(10-13)15(20)17(3)4/h7-10H,5-6,11H2,1-4H3,(H,16,19). The van der Waals surface area contributed by atoms with Crippen LogP contribution in [0.1, 0.15) is 24.2 Å². The van der Waals surface area contributed by atoms with Gasteiger partial charge in [-0.1, -0.05) is 19.9 Å². The van der Waals surface area contributed by atoms with Crippen LogP contribution in [0.3, 0.4) is 0 Å². The number of rotatable bonds is 6. The van der Waals surface area contributed by atoms with Crippen molar-refractivity contribution in [1.29, 1.82) is 0 Å².